The molecule has 0 saturated heterocycles. The summed E-state index contributed by atoms with van der Waals surface area (Å²) in [4.78, 5) is 12.8. The van der Waals surface area contributed by atoms with E-state index < -0.39 is 0 Å². The van der Waals surface area contributed by atoms with Crippen LogP contribution in [-0.2, 0) is 9.53 Å². The number of hydrogen-bond acceptors (Lipinski definition) is 3. The molecule has 0 radical (unpaired) electrons. The number of unbranched alkanes of at least 4 members (excludes halogenated alkanes) is 3. The highest BCUT2D eigenvalue weighted by atomic mass is 32.1. The van der Waals surface area contributed by atoms with E-state index in [1.165, 1.54) is 26.4 Å². The summed E-state index contributed by atoms with van der Waals surface area (Å²) in [7, 11) is 1.47. The smallest absolute Gasteiger partial charge is 0.313 e. The molecule has 0 bridgehead atoms. The van der Waals surface area contributed by atoms with E-state index in [1.807, 2.05) is 17.5 Å². The van der Waals surface area contributed by atoms with Gasteiger partial charge in [0.15, 0.2) is 0 Å². The third-order valence-electron chi connectivity index (χ3n) is 2.72. The molecule has 0 aromatic carbocycles. The van der Waals surface area contributed by atoms with Gasteiger partial charge in [-0.05, 0) is 17.9 Å². The summed E-state index contributed by atoms with van der Waals surface area (Å²) in [6.45, 7) is 2.19. The average molecular weight is 240 g/mol. The molecule has 0 aliphatic rings. The van der Waals surface area contributed by atoms with Crippen LogP contribution in [0.4, 0.5) is 0 Å². The van der Waals surface area contributed by atoms with Crippen molar-refractivity contribution in [2.24, 2.45) is 0 Å². The van der Waals surface area contributed by atoms with Gasteiger partial charge in [0, 0.05) is 4.88 Å². The van der Waals surface area contributed by atoms with Gasteiger partial charge in [-0.2, -0.15) is 0 Å². The quantitative estimate of drug-likeness (QED) is 0.532. The normalized spacial score (nSPS) is 12.4. The Hall–Kier alpha value is -0.830. The van der Waals surface area contributed by atoms with Gasteiger partial charge in [-0.25, -0.2) is 0 Å². The van der Waals surface area contributed by atoms with E-state index in [1.54, 1.807) is 11.3 Å². The Bertz CT molecular complexity index is 293. The lowest BCUT2D eigenvalue weighted by molar-refractivity contribution is -0.142. The van der Waals surface area contributed by atoms with Gasteiger partial charge in [0.1, 0.15) is 0 Å². The summed E-state index contributed by atoms with van der Waals surface area (Å²) >= 11 is 1.64. The van der Waals surface area contributed by atoms with E-state index in [4.69, 9.17) is 4.74 Å². The Balaban J connectivity index is 2.49. The van der Waals surface area contributed by atoms with Crippen LogP contribution in [0, 0.1) is 0 Å². The molecule has 90 valence electrons. The minimum atomic E-state index is -0.0982. The zero-order valence-corrected chi connectivity index (χ0v) is 10.9. The molecule has 1 aromatic rings. The molecular formula is C13H20O2S. The molecule has 16 heavy (non-hydrogen) atoms. The van der Waals surface area contributed by atoms with Crippen LogP contribution in [0.15, 0.2) is 17.5 Å². The van der Waals surface area contributed by atoms with Gasteiger partial charge < -0.3 is 4.74 Å². The van der Waals surface area contributed by atoms with Crippen molar-refractivity contribution in [3.8, 4) is 0 Å². The maximum atomic E-state index is 11.7. The molecule has 1 heterocycles. The first-order chi connectivity index (χ1) is 7.79. The fraction of sp³-hybridized carbons (Fsp3) is 0.615. The number of esters is 1. The highest BCUT2D eigenvalue weighted by Gasteiger charge is 2.21. The maximum absolute atomic E-state index is 11.7. The number of rotatable bonds is 7. The van der Waals surface area contributed by atoms with Gasteiger partial charge in [-0.15, -0.1) is 11.3 Å². The summed E-state index contributed by atoms with van der Waals surface area (Å²) in [6, 6.07) is 4.01. The van der Waals surface area contributed by atoms with Crippen LogP contribution in [-0.4, -0.2) is 13.1 Å². The number of ether oxygens (including phenoxy) is 1. The van der Waals surface area contributed by atoms with Crippen LogP contribution < -0.4 is 0 Å². The molecule has 0 N–H and O–H groups in total. The Morgan fingerprint density at radius 1 is 1.44 bits per heavy atom. The second kappa shape index (κ2) is 7.44. The summed E-state index contributed by atoms with van der Waals surface area (Å²) in [5, 5.41) is 2.01. The molecule has 3 heteroatoms. The van der Waals surface area contributed by atoms with Crippen molar-refractivity contribution < 1.29 is 9.53 Å². The molecule has 1 aromatic heterocycles. The van der Waals surface area contributed by atoms with Crippen molar-refractivity contribution in [1.82, 2.24) is 0 Å². The van der Waals surface area contributed by atoms with E-state index in [0.29, 0.717) is 0 Å². The van der Waals surface area contributed by atoms with Crippen LogP contribution in [0.2, 0.25) is 0 Å². The van der Waals surface area contributed by atoms with Crippen molar-refractivity contribution in [3.63, 3.8) is 0 Å². The zero-order chi connectivity index (χ0) is 11.8. The summed E-state index contributed by atoms with van der Waals surface area (Å²) < 4.78 is 4.86. The molecule has 1 rings (SSSR count). The lowest BCUT2D eigenvalue weighted by atomic mass is 9.99. The van der Waals surface area contributed by atoms with Gasteiger partial charge in [-0.1, -0.05) is 38.7 Å². The fourth-order valence-electron chi connectivity index (χ4n) is 1.78. The van der Waals surface area contributed by atoms with Crippen LogP contribution in [0.25, 0.3) is 0 Å². The van der Waals surface area contributed by atoms with Crippen LogP contribution in [0.3, 0.4) is 0 Å². The largest absolute Gasteiger partial charge is 0.469 e. The van der Waals surface area contributed by atoms with Gasteiger partial charge in [0.2, 0.25) is 0 Å². The molecule has 0 amide bonds. The highest BCUT2D eigenvalue weighted by Crippen LogP contribution is 2.27. The van der Waals surface area contributed by atoms with E-state index in [-0.39, 0.29) is 11.9 Å². The minimum absolute atomic E-state index is 0.0538. The number of methoxy groups -OCH3 is 1. The third-order valence-corrected chi connectivity index (χ3v) is 3.70. The maximum Gasteiger partial charge on any atom is 0.313 e. The number of carbonyl (C=O) groups excluding carboxylic acids is 1. The van der Waals surface area contributed by atoms with Crippen molar-refractivity contribution in [2.75, 3.05) is 7.11 Å². The molecule has 1 atom stereocenters. The fourth-order valence-corrected chi connectivity index (χ4v) is 2.63. The third kappa shape index (κ3) is 3.97. The first-order valence-corrected chi connectivity index (χ1v) is 6.78. The SMILES string of the molecule is CCCCCCC(C(=O)OC)c1cccs1. The first-order valence-electron chi connectivity index (χ1n) is 5.90. The summed E-state index contributed by atoms with van der Waals surface area (Å²) in [5.41, 5.74) is 0. The van der Waals surface area contributed by atoms with Gasteiger partial charge in [0.25, 0.3) is 0 Å². The molecular weight excluding hydrogens is 220 g/mol. The number of carbonyl (C=O) groups is 1. The summed E-state index contributed by atoms with van der Waals surface area (Å²) in [6.07, 6.45) is 5.69. The van der Waals surface area contributed by atoms with E-state index in [0.717, 1.165) is 17.7 Å². The molecule has 0 aliphatic heterocycles. The Morgan fingerprint density at radius 3 is 2.81 bits per heavy atom. The predicted octanol–water partition coefficient (Wildman–Crippen LogP) is 3.98. The van der Waals surface area contributed by atoms with E-state index in [2.05, 4.69) is 6.92 Å². The number of hydrogen-bond donors (Lipinski definition) is 0. The second-order valence-corrected chi connectivity index (χ2v) is 4.92. The lowest BCUT2D eigenvalue weighted by Gasteiger charge is -2.12. The standard InChI is InChI=1S/C13H20O2S/c1-3-4-5-6-8-11(13(14)15-2)12-9-7-10-16-12/h7,9-11H,3-6,8H2,1-2H3. The zero-order valence-electron chi connectivity index (χ0n) is 10.1. The number of thiophene rings is 1. The first kappa shape index (κ1) is 13.2. The van der Waals surface area contributed by atoms with E-state index in [9.17, 15) is 4.79 Å². The Kier molecular flexibility index (Phi) is 6.16. The van der Waals surface area contributed by atoms with Crippen LogP contribution in [0.5, 0.6) is 0 Å². The van der Waals surface area contributed by atoms with Crippen LogP contribution >= 0.6 is 11.3 Å². The highest BCUT2D eigenvalue weighted by molar-refractivity contribution is 7.10. The summed E-state index contributed by atoms with van der Waals surface area (Å²) in [5.74, 6) is -0.152. The van der Waals surface area contributed by atoms with Crippen LogP contribution in [0.1, 0.15) is 49.8 Å². The van der Waals surface area contributed by atoms with Gasteiger partial charge >= 0.3 is 5.97 Å². The predicted molar refractivity (Wildman–Crippen MR) is 67.8 cm³/mol. The molecule has 0 aliphatic carbocycles. The topological polar surface area (TPSA) is 26.3 Å². The minimum Gasteiger partial charge on any atom is -0.469 e. The molecule has 2 nitrogen and oxygen atoms in total. The lowest BCUT2D eigenvalue weighted by Crippen LogP contribution is -2.13. The second-order valence-electron chi connectivity index (χ2n) is 3.94. The Labute approximate surface area is 102 Å². The van der Waals surface area contributed by atoms with Gasteiger partial charge in [-0.3, -0.25) is 4.79 Å². The molecule has 0 fully saturated rings. The molecule has 0 spiro atoms. The monoisotopic (exact) mass is 240 g/mol. The molecule has 0 saturated carbocycles. The van der Waals surface area contributed by atoms with Gasteiger partial charge in [0.05, 0.1) is 13.0 Å². The average Bonchev–Trinajstić information content (AvgIpc) is 2.82. The van der Waals surface area contributed by atoms with Crippen molar-refractivity contribution >= 4 is 17.3 Å². The van der Waals surface area contributed by atoms with Crippen molar-refractivity contribution in [2.45, 2.75) is 44.9 Å². The molecule has 1 unspecified atom stereocenters. The van der Waals surface area contributed by atoms with Crippen molar-refractivity contribution in [3.05, 3.63) is 22.4 Å². The Morgan fingerprint density at radius 2 is 2.25 bits per heavy atom. The van der Waals surface area contributed by atoms with Crippen molar-refractivity contribution in [1.29, 1.82) is 0 Å². The van der Waals surface area contributed by atoms with E-state index >= 15 is 0 Å².